The van der Waals surface area contributed by atoms with Crippen molar-refractivity contribution >= 4 is 0 Å². The van der Waals surface area contributed by atoms with Gasteiger partial charge < -0.3 is 5.32 Å². The van der Waals surface area contributed by atoms with E-state index in [9.17, 15) is 13.2 Å². The number of rotatable bonds is 3. The van der Waals surface area contributed by atoms with E-state index in [1.807, 2.05) is 0 Å². The van der Waals surface area contributed by atoms with Crippen LogP contribution in [0.5, 0.6) is 0 Å². The second-order valence-corrected chi connectivity index (χ2v) is 5.72. The Kier molecular flexibility index (Phi) is 4.19. The van der Waals surface area contributed by atoms with E-state index < -0.39 is 17.5 Å². The lowest BCUT2D eigenvalue weighted by molar-refractivity contribution is 0.147. The number of hydrogen-bond donors (Lipinski definition) is 1. The van der Waals surface area contributed by atoms with E-state index in [-0.39, 0.29) is 17.0 Å². The molecule has 0 aliphatic heterocycles. The molecule has 1 nitrogen and oxygen atoms in total. The fraction of sp³-hybridized carbons (Fsp3) is 0.600. The SMILES string of the molecule is CNC(c1cc(F)c(F)cc1F)C1(C)CCCCC1. The summed E-state index contributed by atoms with van der Waals surface area (Å²) in [5, 5.41) is 3.09. The molecule has 1 aliphatic carbocycles. The fourth-order valence-corrected chi connectivity index (χ4v) is 3.29. The summed E-state index contributed by atoms with van der Waals surface area (Å²) in [6, 6.07) is 1.34. The number of benzene rings is 1. The zero-order valence-corrected chi connectivity index (χ0v) is 11.4. The smallest absolute Gasteiger partial charge is 0.161 e. The Hall–Kier alpha value is -1.03. The fourth-order valence-electron chi connectivity index (χ4n) is 3.29. The van der Waals surface area contributed by atoms with Gasteiger partial charge in [0.05, 0.1) is 0 Å². The van der Waals surface area contributed by atoms with Gasteiger partial charge in [0.1, 0.15) is 5.82 Å². The Bertz CT molecular complexity index is 453. The summed E-state index contributed by atoms with van der Waals surface area (Å²) in [5.74, 6) is -2.80. The summed E-state index contributed by atoms with van der Waals surface area (Å²) in [7, 11) is 1.74. The molecule has 19 heavy (non-hydrogen) atoms. The quantitative estimate of drug-likeness (QED) is 0.807. The summed E-state index contributed by atoms with van der Waals surface area (Å²) < 4.78 is 40.4. The van der Waals surface area contributed by atoms with Crippen molar-refractivity contribution in [2.24, 2.45) is 5.41 Å². The molecule has 0 heterocycles. The highest BCUT2D eigenvalue weighted by Crippen LogP contribution is 2.46. The van der Waals surface area contributed by atoms with Gasteiger partial charge in [0.2, 0.25) is 0 Å². The van der Waals surface area contributed by atoms with Gasteiger partial charge in [0, 0.05) is 17.7 Å². The Morgan fingerprint density at radius 1 is 1.00 bits per heavy atom. The van der Waals surface area contributed by atoms with Crippen LogP contribution in [0.3, 0.4) is 0 Å². The van der Waals surface area contributed by atoms with Gasteiger partial charge in [0.25, 0.3) is 0 Å². The Morgan fingerprint density at radius 2 is 1.58 bits per heavy atom. The standard InChI is InChI=1S/C15H20F3N/c1-15(6-4-3-5-7-15)14(19-2)10-8-12(17)13(18)9-11(10)16/h8-9,14,19H,3-7H2,1-2H3. The second kappa shape index (κ2) is 5.53. The van der Waals surface area contributed by atoms with Crippen LogP contribution in [0.1, 0.15) is 50.6 Å². The van der Waals surface area contributed by atoms with Crippen LogP contribution in [0.4, 0.5) is 13.2 Å². The zero-order chi connectivity index (χ0) is 14.0. The first-order chi connectivity index (χ1) is 8.98. The third kappa shape index (κ3) is 2.78. The topological polar surface area (TPSA) is 12.0 Å². The molecular weight excluding hydrogens is 251 g/mol. The van der Waals surface area contributed by atoms with Crippen LogP contribution in [0.25, 0.3) is 0 Å². The predicted octanol–water partition coefficient (Wildman–Crippen LogP) is 4.33. The predicted molar refractivity (Wildman–Crippen MR) is 69.3 cm³/mol. The van der Waals surface area contributed by atoms with Crippen molar-refractivity contribution in [1.82, 2.24) is 5.32 Å². The first-order valence-electron chi connectivity index (χ1n) is 6.79. The van der Waals surface area contributed by atoms with Crippen LogP contribution in [0, 0.1) is 22.9 Å². The second-order valence-electron chi connectivity index (χ2n) is 5.72. The summed E-state index contributed by atoms with van der Waals surface area (Å²) in [6.45, 7) is 2.09. The molecule has 0 radical (unpaired) electrons. The van der Waals surface area contributed by atoms with Crippen LogP contribution >= 0.6 is 0 Å². The molecule has 0 spiro atoms. The zero-order valence-electron chi connectivity index (χ0n) is 11.4. The normalized spacial score (nSPS) is 20.3. The molecule has 1 aliphatic rings. The Morgan fingerprint density at radius 3 is 2.16 bits per heavy atom. The molecule has 0 saturated heterocycles. The van der Waals surface area contributed by atoms with E-state index in [1.54, 1.807) is 7.05 Å². The third-order valence-corrected chi connectivity index (χ3v) is 4.33. The van der Waals surface area contributed by atoms with Gasteiger partial charge in [-0.1, -0.05) is 26.2 Å². The molecule has 1 aromatic rings. The Balaban J connectivity index is 2.39. The minimum atomic E-state index is -1.13. The highest BCUT2D eigenvalue weighted by molar-refractivity contribution is 5.25. The lowest BCUT2D eigenvalue weighted by Crippen LogP contribution is -2.36. The van der Waals surface area contributed by atoms with E-state index >= 15 is 0 Å². The summed E-state index contributed by atoms with van der Waals surface area (Å²) in [4.78, 5) is 0. The number of hydrogen-bond acceptors (Lipinski definition) is 1. The van der Waals surface area contributed by atoms with Gasteiger partial charge in [-0.15, -0.1) is 0 Å². The lowest BCUT2D eigenvalue weighted by Gasteiger charge is -2.41. The van der Waals surface area contributed by atoms with Crippen LogP contribution in [0.15, 0.2) is 12.1 Å². The van der Waals surface area contributed by atoms with Gasteiger partial charge >= 0.3 is 0 Å². The highest BCUT2D eigenvalue weighted by Gasteiger charge is 2.37. The first-order valence-corrected chi connectivity index (χ1v) is 6.79. The molecule has 1 saturated carbocycles. The molecule has 106 valence electrons. The van der Waals surface area contributed by atoms with E-state index in [0.29, 0.717) is 6.07 Å². The largest absolute Gasteiger partial charge is 0.312 e. The van der Waals surface area contributed by atoms with Crippen LogP contribution in [-0.2, 0) is 0 Å². The average molecular weight is 271 g/mol. The van der Waals surface area contributed by atoms with Crippen molar-refractivity contribution in [3.05, 3.63) is 35.1 Å². The molecule has 1 unspecified atom stereocenters. The lowest BCUT2D eigenvalue weighted by atomic mass is 9.68. The van der Waals surface area contributed by atoms with E-state index in [1.165, 1.54) is 6.42 Å². The molecule has 1 N–H and O–H groups in total. The van der Waals surface area contributed by atoms with Gasteiger partial charge in [-0.05, 0) is 31.4 Å². The molecule has 1 aromatic carbocycles. The molecular formula is C15H20F3N. The summed E-state index contributed by atoms with van der Waals surface area (Å²) in [6.07, 6.45) is 5.32. The van der Waals surface area contributed by atoms with Crippen LogP contribution < -0.4 is 5.32 Å². The van der Waals surface area contributed by atoms with Crippen molar-refractivity contribution < 1.29 is 13.2 Å². The van der Waals surface area contributed by atoms with Crippen LogP contribution in [0.2, 0.25) is 0 Å². The van der Waals surface area contributed by atoms with Crippen molar-refractivity contribution in [3.8, 4) is 0 Å². The van der Waals surface area contributed by atoms with E-state index in [2.05, 4.69) is 12.2 Å². The van der Waals surface area contributed by atoms with Crippen LogP contribution in [-0.4, -0.2) is 7.05 Å². The van der Waals surface area contributed by atoms with Crippen molar-refractivity contribution in [2.75, 3.05) is 7.05 Å². The average Bonchev–Trinajstić information content (AvgIpc) is 2.37. The van der Waals surface area contributed by atoms with Crippen molar-refractivity contribution in [2.45, 2.75) is 45.1 Å². The first kappa shape index (κ1) is 14.4. The van der Waals surface area contributed by atoms with E-state index in [4.69, 9.17) is 0 Å². The molecule has 1 atom stereocenters. The third-order valence-electron chi connectivity index (χ3n) is 4.33. The molecule has 4 heteroatoms. The monoisotopic (exact) mass is 271 g/mol. The van der Waals surface area contributed by atoms with Gasteiger partial charge in [-0.25, -0.2) is 13.2 Å². The molecule has 0 bridgehead atoms. The minimum Gasteiger partial charge on any atom is -0.312 e. The Labute approximate surface area is 112 Å². The van der Waals surface area contributed by atoms with Crippen molar-refractivity contribution in [1.29, 1.82) is 0 Å². The highest BCUT2D eigenvalue weighted by atomic mass is 19.2. The summed E-state index contributed by atoms with van der Waals surface area (Å²) >= 11 is 0. The van der Waals surface area contributed by atoms with E-state index in [0.717, 1.165) is 31.7 Å². The molecule has 1 fully saturated rings. The maximum absolute atomic E-state index is 13.9. The van der Waals surface area contributed by atoms with Gasteiger partial charge in [-0.3, -0.25) is 0 Å². The number of halogens is 3. The maximum Gasteiger partial charge on any atom is 0.161 e. The van der Waals surface area contributed by atoms with Gasteiger partial charge in [-0.2, -0.15) is 0 Å². The summed E-state index contributed by atoms with van der Waals surface area (Å²) in [5.41, 5.74) is 0.115. The minimum absolute atomic E-state index is 0.113. The van der Waals surface area contributed by atoms with Crippen molar-refractivity contribution in [3.63, 3.8) is 0 Å². The molecule has 0 aromatic heterocycles. The maximum atomic E-state index is 13.9. The van der Waals surface area contributed by atoms with Gasteiger partial charge in [0.15, 0.2) is 11.6 Å². The number of nitrogens with one attached hydrogen (secondary N) is 1. The molecule has 0 amide bonds. The molecule has 2 rings (SSSR count).